The zero-order valence-electron chi connectivity index (χ0n) is 15.4. The Labute approximate surface area is 182 Å². The van der Waals surface area contributed by atoms with E-state index in [9.17, 15) is 14.7 Å². The van der Waals surface area contributed by atoms with Gasteiger partial charge in [-0.2, -0.15) is 0 Å². The van der Waals surface area contributed by atoms with E-state index >= 15 is 0 Å². The van der Waals surface area contributed by atoms with Crippen molar-refractivity contribution >= 4 is 57.6 Å². The highest BCUT2D eigenvalue weighted by atomic mass is 35.5. The first-order chi connectivity index (χ1) is 13.8. The van der Waals surface area contributed by atoms with Gasteiger partial charge in [0.05, 0.1) is 0 Å². The van der Waals surface area contributed by atoms with E-state index in [1.165, 1.54) is 4.90 Å². The summed E-state index contributed by atoms with van der Waals surface area (Å²) >= 11 is 18.5. The first-order valence-corrected chi connectivity index (χ1v) is 10.2. The summed E-state index contributed by atoms with van der Waals surface area (Å²) in [6, 6.07) is 11.5. The zero-order valence-corrected chi connectivity index (χ0v) is 17.6. The number of amides is 1. The Bertz CT molecular complexity index is 1140. The Kier molecular flexibility index (Phi) is 5.01. The molecule has 1 aromatic heterocycles. The number of rotatable bonds is 3. The first-order valence-electron chi connectivity index (χ1n) is 8.95. The molecule has 29 heavy (non-hydrogen) atoms. The predicted molar refractivity (Wildman–Crippen MR) is 114 cm³/mol. The maximum Gasteiger partial charge on any atom is 0.326 e. The lowest BCUT2D eigenvalue weighted by Gasteiger charge is -2.48. The summed E-state index contributed by atoms with van der Waals surface area (Å²) in [6.45, 7) is 1.79. The molecule has 1 aliphatic rings. The van der Waals surface area contributed by atoms with Gasteiger partial charge in [0.25, 0.3) is 0 Å². The van der Waals surface area contributed by atoms with Gasteiger partial charge in [-0.25, -0.2) is 4.79 Å². The van der Waals surface area contributed by atoms with Crippen molar-refractivity contribution in [1.29, 1.82) is 0 Å². The minimum atomic E-state index is -1.18. The number of para-hydroxylation sites is 1. The van der Waals surface area contributed by atoms with E-state index in [0.717, 1.165) is 22.2 Å². The van der Waals surface area contributed by atoms with Gasteiger partial charge in [-0.15, -0.1) is 11.6 Å². The molecule has 0 saturated carbocycles. The number of carboxylic acids is 1. The van der Waals surface area contributed by atoms with Crippen LogP contribution in [0.5, 0.6) is 0 Å². The average Bonchev–Trinajstić information content (AvgIpc) is 3.06. The number of aromatic amines is 1. The molecule has 2 heterocycles. The van der Waals surface area contributed by atoms with Crippen LogP contribution in [0.2, 0.25) is 10.0 Å². The molecule has 5 nitrogen and oxygen atoms in total. The molecule has 8 heteroatoms. The number of fused-ring (bicyclic) bond motifs is 3. The van der Waals surface area contributed by atoms with Crippen molar-refractivity contribution in [2.75, 3.05) is 5.88 Å². The third-order valence-corrected chi connectivity index (χ3v) is 6.39. The Morgan fingerprint density at radius 2 is 1.97 bits per heavy atom. The highest BCUT2D eigenvalue weighted by Gasteiger charge is 2.51. The van der Waals surface area contributed by atoms with Gasteiger partial charge in [-0.1, -0.05) is 47.5 Å². The van der Waals surface area contributed by atoms with Crippen LogP contribution >= 0.6 is 34.8 Å². The highest BCUT2D eigenvalue weighted by Crippen LogP contribution is 2.47. The summed E-state index contributed by atoms with van der Waals surface area (Å²) in [7, 11) is 0. The lowest BCUT2D eigenvalue weighted by Crippen LogP contribution is -2.60. The van der Waals surface area contributed by atoms with Crippen LogP contribution in [0.15, 0.2) is 42.5 Å². The minimum Gasteiger partial charge on any atom is -0.480 e. The fourth-order valence-corrected chi connectivity index (χ4v) is 5.10. The number of nitrogens with one attached hydrogen (secondary N) is 1. The van der Waals surface area contributed by atoms with E-state index in [2.05, 4.69) is 4.98 Å². The summed E-state index contributed by atoms with van der Waals surface area (Å²) < 4.78 is 0. The smallest absolute Gasteiger partial charge is 0.326 e. The predicted octanol–water partition coefficient (Wildman–Crippen LogP) is 4.81. The van der Waals surface area contributed by atoms with Crippen LogP contribution in [-0.4, -0.2) is 38.8 Å². The van der Waals surface area contributed by atoms with E-state index in [4.69, 9.17) is 34.8 Å². The molecule has 2 unspecified atom stereocenters. The molecular formula is C21H17Cl3N2O3. The maximum atomic E-state index is 12.9. The van der Waals surface area contributed by atoms with Gasteiger partial charge in [0, 0.05) is 38.6 Å². The number of hydrogen-bond donors (Lipinski definition) is 2. The number of benzene rings is 2. The Morgan fingerprint density at radius 3 is 2.62 bits per heavy atom. The van der Waals surface area contributed by atoms with Gasteiger partial charge in [0.2, 0.25) is 5.91 Å². The second-order valence-electron chi connectivity index (χ2n) is 7.18. The number of carbonyl (C=O) groups excluding carboxylic acids is 1. The molecule has 2 aromatic carbocycles. The van der Waals surface area contributed by atoms with Crippen molar-refractivity contribution < 1.29 is 14.7 Å². The van der Waals surface area contributed by atoms with Crippen LogP contribution in [0.4, 0.5) is 0 Å². The SMILES string of the molecule is CC1(c2ccc(Cl)cc2Cl)c2[nH]c3ccccc3c2CC(C(=O)O)N1C(=O)CCl. The molecule has 1 aliphatic heterocycles. The second kappa shape index (κ2) is 7.24. The van der Waals surface area contributed by atoms with Crippen LogP contribution in [0.3, 0.4) is 0 Å². The minimum absolute atomic E-state index is 0.165. The number of H-pyrrole nitrogens is 1. The summed E-state index contributed by atoms with van der Waals surface area (Å²) in [6.07, 6.45) is 0.165. The van der Waals surface area contributed by atoms with E-state index in [-0.39, 0.29) is 12.3 Å². The van der Waals surface area contributed by atoms with Crippen LogP contribution in [0.1, 0.15) is 23.7 Å². The molecule has 2 N–H and O–H groups in total. The van der Waals surface area contributed by atoms with Crippen LogP contribution in [0.25, 0.3) is 10.9 Å². The molecule has 150 valence electrons. The fourth-order valence-electron chi connectivity index (χ4n) is 4.38. The van der Waals surface area contributed by atoms with Crippen molar-refractivity contribution in [3.05, 3.63) is 69.3 Å². The van der Waals surface area contributed by atoms with Crippen LogP contribution < -0.4 is 0 Å². The van der Waals surface area contributed by atoms with E-state index in [1.54, 1.807) is 25.1 Å². The summed E-state index contributed by atoms with van der Waals surface area (Å²) in [4.78, 5) is 29.9. The summed E-state index contributed by atoms with van der Waals surface area (Å²) in [5.41, 5.74) is 1.82. The normalized spacial score (nSPS) is 21.2. The quantitative estimate of drug-likeness (QED) is 0.561. The van der Waals surface area contributed by atoms with Gasteiger partial charge >= 0.3 is 5.97 Å². The molecule has 2 atom stereocenters. The second-order valence-corrected chi connectivity index (χ2v) is 8.29. The number of aromatic nitrogens is 1. The van der Waals surface area contributed by atoms with E-state index < -0.39 is 23.5 Å². The summed E-state index contributed by atoms with van der Waals surface area (Å²) in [5.74, 6) is -1.94. The number of hydrogen-bond acceptors (Lipinski definition) is 2. The van der Waals surface area contributed by atoms with Gasteiger partial charge in [-0.05, 0) is 30.7 Å². The van der Waals surface area contributed by atoms with Gasteiger partial charge in [-0.3, -0.25) is 4.79 Å². The van der Waals surface area contributed by atoms with Crippen molar-refractivity contribution in [3.63, 3.8) is 0 Å². The third kappa shape index (κ3) is 3.00. The van der Waals surface area contributed by atoms with Crippen molar-refractivity contribution in [3.8, 4) is 0 Å². The molecule has 4 rings (SSSR count). The Hall–Kier alpha value is -2.21. The monoisotopic (exact) mass is 450 g/mol. The number of alkyl halides is 1. The van der Waals surface area contributed by atoms with Crippen molar-refractivity contribution in [2.45, 2.75) is 24.9 Å². The molecular weight excluding hydrogens is 435 g/mol. The third-order valence-electron chi connectivity index (χ3n) is 5.62. The Balaban J connectivity index is 2.10. The van der Waals surface area contributed by atoms with E-state index in [1.807, 2.05) is 24.3 Å². The van der Waals surface area contributed by atoms with Gasteiger partial charge in [0.15, 0.2) is 0 Å². The lowest BCUT2D eigenvalue weighted by atomic mass is 9.78. The molecule has 1 amide bonds. The number of aliphatic carboxylic acids is 1. The van der Waals surface area contributed by atoms with Crippen molar-refractivity contribution in [1.82, 2.24) is 9.88 Å². The maximum absolute atomic E-state index is 12.9. The number of carboxylic acid groups (broad SMARTS) is 1. The lowest BCUT2D eigenvalue weighted by molar-refractivity contribution is -0.155. The van der Waals surface area contributed by atoms with Gasteiger partial charge in [0.1, 0.15) is 17.5 Å². The largest absolute Gasteiger partial charge is 0.480 e. The first kappa shape index (κ1) is 20.1. The average molecular weight is 452 g/mol. The number of carbonyl (C=O) groups is 2. The van der Waals surface area contributed by atoms with Gasteiger partial charge < -0.3 is 15.0 Å². The summed E-state index contributed by atoms with van der Waals surface area (Å²) in [5, 5.41) is 11.7. The van der Waals surface area contributed by atoms with Crippen molar-refractivity contribution in [2.24, 2.45) is 0 Å². The fraction of sp³-hybridized carbons (Fsp3) is 0.238. The molecule has 0 aliphatic carbocycles. The molecule has 0 saturated heterocycles. The number of nitrogens with zero attached hydrogens (tertiary/aromatic N) is 1. The molecule has 0 spiro atoms. The zero-order chi connectivity index (χ0) is 20.9. The molecule has 0 bridgehead atoms. The Morgan fingerprint density at radius 1 is 1.24 bits per heavy atom. The van der Waals surface area contributed by atoms with Crippen LogP contribution in [-0.2, 0) is 21.5 Å². The van der Waals surface area contributed by atoms with E-state index in [0.29, 0.717) is 15.6 Å². The highest BCUT2D eigenvalue weighted by molar-refractivity contribution is 6.35. The van der Waals surface area contributed by atoms with Crippen LogP contribution in [0, 0.1) is 0 Å². The topological polar surface area (TPSA) is 73.4 Å². The molecule has 3 aromatic rings. The molecule has 0 radical (unpaired) electrons. The molecule has 0 fully saturated rings. The number of halogens is 3. The standard InChI is InChI=1S/C21H17Cl3N2O3/c1-21(14-7-6-11(23)8-15(14)24)19-13(12-4-2-3-5-16(12)25-19)9-17(20(28)29)26(21)18(27)10-22/h2-8,17,25H,9-10H2,1H3,(H,28,29).